The molecule has 1 amide bonds. The Kier molecular flexibility index (Phi) is 5.33. The Morgan fingerprint density at radius 3 is 2.86 bits per heavy atom. The highest BCUT2D eigenvalue weighted by molar-refractivity contribution is 7.99. The molecule has 14 heavy (non-hydrogen) atoms. The Morgan fingerprint density at radius 1 is 1.57 bits per heavy atom. The van der Waals surface area contributed by atoms with Gasteiger partial charge in [0.05, 0.1) is 6.54 Å². The zero-order chi connectivity index (χ0) is 10.4. The molecule has 1 fully saturated rings. The predicted octanol–water partition coefficient (Wildman–Crippen LogP) is 0.996. The van der Waals surface area contributed by atoms with Crippen LogP contribution >= 0.6 is 11.8 Å². The lowest BCUT2D eigenvalue weighted by molar-refractivity contribution is -0.120. The number of carbonyl (C=O) groups is 1. The number of hydrogen-bond acceptors (Lipinski definition) is 3. The molecule has 0 saturated heterocycles. The van der Waals surface area contributed by atoms with Crippen LogP contribution in [0.25, 0.3) is 0 Å². The number of rotatable bonds is 7. The van der Waals surface area contributed by atoms with E-state index in [-0.39, 0.29) is 5.91 Å². The largest absolute Gasteiger partial charge is 0.352 e. The first kappa shape index (κ1) is 11.9. The quantitative estimate of drug-likeness (QED) is 0.667. The molecule has 2 N–H and O–H groups in total. The molecule has 0 aromatic heterocycles. The van der Waals surface area contributed by atoms with E-state index >= 15 is 0 Å². The van der Waals surface area contributed by atoms with Crippen LogP contribution in [0.2, 0.25) is 0 Å². The maximum absolute atomic E-state index is 11.3. The first-order chi connectivity index (χ1) is 6.72. The van der Waals surface area contributed by atoms with Gasteiger partial charge in [0.1, 0.15) is 0 Å². The summed E-state index contributed by atoms with van der Waals surface area (Å²) >= 11 is 1.90. The van der Waals surface area contributed by atoms with E-state index < -0.39 is 0 Å². The van der Waals surface area contributed by atoms with E-state index in [1.165, 1.54) is 0 Å². The van der Waals surface area contributed by atoms with Crippen molar-refractivity contribution in [2.75, 3.05) is 18.1 Å². The molecule has 4 heteroatoms. The van der Waals surface area contributed by atoms with Gasteiger partial charge in [0.25, 0.3) is 0 Å². The molecule has 1 rings (SSSR count). The minimum absolute atomic E-state index is 0.140. The third kappa shape index (κ3) is 5.50. The number of thioether (sulfide) groups is 1. The number of nitrogens with one attached hydrogen (secondary N) is 2. The van der Waals surface area contributed by atoms with Gasteiger partial charge in [0, 0.05) is 17.8 Å². The van der Waals surface area contributed by atoms with Gasteiger partial charge in [0.15, 0.2) is 0 Å². The van der Waals surface area contributed by atoms with Crippen molar-refractivity contribution < 1.29 is 4.79 Å². The van der Waals surface area contributed by atoms with Crippen molar-refractivity contribution in [2.24, 2.45) is 0 Å². The second-order valence-corrected chi connectivity index (χ2v) is 5.10. The summed E-state index contributed by atoms with van der Waals surface area (Å²) in [5.41, 5.74) is 0. The van der Waals surface area contributed by atoms with E-state index in [0.717, 1.165) is 24.3 Å². The number of amides is 1. The average Bonchev–Trinajstić information content (AvgIpc) is 2.95. The predicted molar refractivity (Wildman–Crippen MR) is 61.6 cm³/mol. The topological polar surface area (TPSA) is 41.1 Å². The summed E-state index contributed by atoms with van der Waals surface area (Å²) in [4.78, 5) is 11.3. The molecule has 3 nitrogen and oxygen atoms in total. The van der Waals surface area contributed by atoms with Gasteiger partial charge in [-0.1, -0.05) is 6.92 Å². The van der Waals surface area contributed by atoms with Crippen LogP contribution in [0.1, 0.15) is 26.7 Å². The van der Waals surface area contributed by atoms with E-state index in [1.54, 1.807) is 0 Å². The van der Waals surface area contributed by atoms with Crippen molar-refractivity contribution in [3.8, 4) is 0 Å². The Hall–Kier alpha value is -0.220. The van der Waals surface area contributed by atoms with Crippen LogP contribution in [-0.2, 0) is 4.79 Å². The summed E-state index contributed by atoms with van der Waals surface area (Å²) in [5.74, 6) is 2.36. The fraction of sp³-hybridized carbons (Fsp3) is 0.900. The van der Waals surface area contributed by atoms with Crippen molar-refractivity contribution in [3.63, 3.8) is 0 Å². The molecule has 0 bridgehead atoms. The minimum atomic E-state index is 0.140. The lowest BCUT2D eigenvalue weighted by Crippen LogP contribution is -2.39. The van der Waals surface area contributed by atoms with Gasteiger partial charge in [-0.2, -0.15) is 11.8 Å². The average molecular weight is 216 g/mol. The van der Waals surface area contributed by atoms with Crippen LogP contribution in [-0.4, -0.2) is 36.0 Å². The first-order valence-corrected chi connectivity index (χ1v) is 6.48. The van der Waals surface area contributed by atoms with Gasteiger partial charge >= 0.3 is 0 Å². The minimum Gasteiger partial charge on any atom is -0.352 e. The van der Waals surface area contributed by atoms with E-state index in [1.807, 2.05) is 11.8 Å². The van der Waals surface area contributed by atoms with Crippen molar-refractivity contribution >= 4 is 17.7 Å². The molecule has 0 aromatic carbocycles. The second-order valence-electron chi connectivity index (χ2n) is 3.78. The SMILES string of the molecule is CCSCC(C)NCC(=O)NC1CC1. The number of hydrogen-bond donors (Lipinski definition) is 2. The van der Waals surface area contributed by atoms with Gasteiger partial charge in [0.2, 0.25) is 5.91 Å². The highest BCUT2D eigenvalue weighted by Gasteiger charge is 2.22. The van der Waals surface area contributed by atoms with Crippen LogP contribution < -0.4 is 10.6 Å². The summed E-state index contributed by atoms with van der Waals surface area (Å²) in [7, 11) is 0. The maximum atomic E-state index is 11.3. The van der Waals surface area contributed by atoms with E-state index in [2.05, 4.69) is 24.5 Å². The van der Waals surface area contributed by atoms with Crippen LogP contribution in [0.5, 0.6) is 0 Å². The molecule has 1 atom stereocenters. The van der Waals surface area contributed by atoms with Crippen LogP contribution in [0.3, 0.4) is 0 Å². The first-order valence-electron chi connectivity index (χ1n) is 5.33. The summed E-state index contributed by atoms with van der Waals surface area (Å²) < 4.78 is 0. The molecule has 0 aliphatic heterocycles. The molecule has 82 valence electrons. The molecule has 1 aliphatic carbocycles. The molecular formula is C10H20N2OS. The van der Waals surface area contributed by atoms with Crippen LogP contribution in [0, 0.1) is 0 Å². The highest BCUT2D eigenvalue weighted by atomic mass is 32.2. The van der Waals surface area contributed by atoms with Crippen molar-refractivity contribution in [3.05, 3.63) is 0 Å². The Balaban J connectivity index is 1.97. The molecule has 1 aliphatic rings. The molecular weight excluding hydrogens is 196 g/mol. The molecule has 0 spiro atoms. The molecule has 1 saturated carbocycles. The van der Waals surface area contributed by atoms with E-state index in [4.69, 9.17) is 0 Å². The fourth-order valence-corrected chi connectivity index (χ4v) is 1.83. The smallest absolute Gasteiger partial charge is 0.234 e. The fourth-order valence-electron chi connectivity index (χ4n) is 1.13. The third-order valence-electron chi connectivity index (χ3n) is 2.13. The van der Waals surface area contributed by atoms with Gasteiger partial charge in [-0.15, -0.1) is 0 Å². The standard InChI is InChI=1S/C10H20N2OS/c1-3-14-7-8(2)11-6-10(13)12-9-4-5-9/h8-9,11H,3-7H2,1-2H3,(H,12,13). The van der Waals surface area contributed by atoms with E-state index in [9.17, 15) is 4.79 Å². The van der Waals surface area contributed by atoms with Crippen molar-refractivity contribution in [1.82, 2.24) is 10.6 Å². The normalized spacial score (nSPS) is 17.9. The summed E-state index contributed by atoms with van der Waals surface area (Å²) in [6, 6.07) is 0.898. The second kappa shape index (κ2) is 6.30. The third-order valence-corrected chi connectivity index (χ3v) is 3.27. The summed E-state index contributed by atoms with van der Waals surface area (Å²) in [6.45, 7) is 4.73. The molecule has 0 heterocycles. The van der Waals surface area contributed by atoms with Crippen LogP contribution in [0.15, 0.2) is 0 Å². The maximum Gasteiger partial charge on any atom is 0.234 e. The Bertz CT molecular complexity index is 183. The Labute approximate surface area is 90.4 Å². The number of carbonyl (C=O) groups excluding carboxylic acids is 1. The molecule has 1 unspecified atom stereocenters. The Morgan fingerprint density at radius 2 is 2.29 bits per heavy atom. The zero-order valence-electron chi connectivity index (χ0n) is 9.01. The highest BCUT2D eigenvalue weighted by Crippen LogP contribution is 2.18. The monoisotopic (exact) mass is 216 g/mol. The molecule has 0 aromatic rings. The van der Waals surface area contributed by atoms with Gasteiger partial charge in [-0.05, 0) is 25.5 Å². The van der Waals surface area contributed by atoms with E-state index in [0.29, 0.717) is 18.6 Å². The molecule has 0 radical (unpaired) electrons. The van der Waals surface area contributed by atoms with Gasteiger partial charge in [-0.3, -0.25) is 4.79 Å². The summed E-state index contributed by atoms with van der Waals surface area (Å²) in [5, 5.41) is 6.17. The summed E-state index contributed by atoms with van der Waals surface area (Å²) in [6.07, 6.45) is 2.32. The lowest BCUT2D eigenvalue weighted by atomic mass is 10.4. The lowest BCUT2D eigenvalue weighted by Gasteiger charge is -2.12. The van der Waals surface area contributed by atoms with Crippen LogP contribution in [0.4, 0.5) is 0 Å². The van der Waals surface area contributed by atoms with Crippen molar-refractivity contribution in [1.29, 1.82) is 0 Å². The van der Waals surface area contributed by atoms with Crippen molar-refractivity contribution in [2.45, 2.75) is 38.8 Å². The zero-order valence-corrected chi connectivity index (χ0v) is 9.82. The van der Waals surface area contributed by atoms with Gasteiger partial charge < -0.3 is 10.6 Å². The van der Waals surface area contributed by atoms with Gasteiger partial charge in [-0.25, -0.2) is 0 Å².